The standard InChI is InChI=1S/C13H15ClN2O2.ClH/c1-3-6-18-13-11(14)7-10(8-12(13)17-2)9-16-5-4-15;/h3,7-8,16H,1,5-6,9H2,2H3;1H. The molecule has 0 aliphatic rings. The number of nitriles is 1. The zero-order valence-electron chi connectivity index (χ0n) is 10.6. The molecular weight excluding hydrogens is 287 g/mol. The van der Waals surface area contributed by atoms with Crippen LogP contribution in [0.3, 0.4) is 0 Å². The minimum Gasteiger partial charge on any atom is -0.493 e. The van der Waals surface area contributed by atoms with Gasteiger partial charge >= 0.3 is 0 Å². The van der Waals surface area contributed by atoms with Crippen molar-refractivity contribution in [2.24, 2.45) is 0 Å². The van der Waals surface area contributed by atoms with E-state index in [0.29, 0.717) is 29.7 Å². The molecule has 104 valence electrons. The fraction of sp³-hybridized carbons (Fsp3) is 0.308. The van der Waals surface area contributed by atoms with Crippen LogP contribution in [0, 0.1) is 11.3 Å². The number of nitrogens with one attached hydrogen (secondary N) is 1. The Morgan fingerprint density at radius 2 is 2.26 bits per heavy atom. The summed E-state index contributed by atoms with van der Waals surface area (Å²) in [6, 6.07) is 5.62. The van der Waals surface area contributed by atoms with Crippen molar-refractivity contribution in [2.75, 3.05) is 20.3 Å². The lowest BCUT2D eigenvalue weighted by molar-refractivity contribution is 0.326. The van der Waals surface area contributed by atoms with E-state index in [9.17, 15) is 0 Å². The Kier molecular flexibility index (Phi) is 8.81. The molecule has 19 heavy (non-hydrogen) atoms. The topological polar surface area (TPSA) is 54.3 Å². The second-order valence-corrected chi connectivity index (χ2v) is 3.88. The maximum atomic E-state index is 8.45. The summed E-state index contributed by atoms with van der Waals surface area (Å²) < 4.78 is 10.7. The van der Waals surface area contributed by atoms with Crippen molar-refractivity contribution in [3.63, 3.8) is 0 Å². The summed E-state index contributed by atoms with van der Waals surface area (Å²) in [7, 11) is 1.55. The molecule has 0 radical (unpaired) electrons. The number of rotatable bonds is 7. The van der Waals surface area contributed by atoms with Gasteiger partial charge in [-0.1, -0.05) is 24.3 Å². The molecule has 0 unspecified atom stereocenters. The van der Waals surface area contributed by atoms with E-state index in [2.05, 4.69) is 11.9 Å². The number of nitrogens with zero attached hydrogens (tertiary/aromatic N) is 1. The predicted molar refractivity (Wildman–Crippen MR) is 78.3 cm³/mol. The quantitative estimate of drug-likeness (QED) is 0.478. The molecule has 1 rings (SSSR count). The van der Waals surface area contributed by atoms with E-state index in [4.69, 9.17) is 26.3 Å². The van der Waals surface area contributed by atoms with E-state index in [1.54, 1.807) is 19.3 Å². The zero-order chi connectivity index (χ0) is 13.4. The molecule has 0 saturated carbocycles. The van der Waals surface area contributed by atoms with Gasteiger partial charge in [-0.05, 0) is 17.7 Å². The van der Waals surface area contributed by atoms with E-state index in [1.807, 2.05) is 12.1 Å². The monoisotopic (exact) mass is 302 g/mol. The molecule has 0 atom stereocenters. The van der Waals surface area contributed by atoms with Crippen LogP contribution >= 0.6 is 24.0 Å². The molecule has 1 aromatic rings. The van der Waals surface area contributed by atoms with Crippen molar-refractivity contribution >= 4 is 24.0 Å². The average molecular weight is 303 g/mol. The third kappa shape index (κ3) is 5.39. The Morgan fingerprint density at radius 1 is 1.53 bits per heavy atom. The SMILES string of the molecule is C=CCOc1c(Cl)cc(CNCC#N)cc1OC.Cl. The first-order valence-electron chi connectivity index (χ1n) is 5.40. The minimum absolute atomic E-state index is 0. The summed E-state index contributed by atoms with van der Waals surface area (Å²) >= 11 is 6.13. The van der Waals surface area contributed by atoms with Crippen molar-refractivity contribution in [2.45, 2.75) is 6.54 Å². The van der Waals surface area contributed by atoms with Gasteiger partial charge in [-0.3, -0.25) is 0 Å². The number of methoxy groups -OCH3 is 1. The highest BCUT2D eigenvalue weighted by atomic mass is 35.5. The molecule has 0 spiro atoms. The van der Waals surface area contributed by atoms with Gasteiger partial charge in [0, 0.05) is 6.54 Å². The molecule has 0 aliphatic heterocycles. The largest absolute Gasteiger partial charge is 0.493 e. The lowest BCUT2D eigenvalue weighted by Gasteiger charge is -2.13. The van der Waals surface area contributed by atoms with E-state index < -0.39 is 0 Å². The average Bonchev–Trinajstić information content (AvgIpc) is 2.37. The number of benzene rings is 1. The van der Waals surface area contributed by atoms with E-state index in [-0.39, 0.29) is 19.0 Å². The van der Waals surface area contributed by atoms with Crippen LogP contribution in [0.1, 0.15) is 5.56 Å². The Morgan fingerprint density at radius 3 is 2.84 bits per heavy atom. The lowest BCUT2D eigenvalue weighted by atomic mass is 10.2. The highest BCUT2D eigenvalue weighted by Gasteiger charge is 2.11. The summed E-state index contributed by atoms with van der Waals surface area (Å²) in [6.45, 7) is 4.78. The van der Waals surface area contributed by atoms with Crippen molar-refractivity contribution < 1.29 is 9.47 Å². The molecule has 1 aromatic carbocycles. The molecule has 0 aromatic heterocycles. The van der Waals surface area contributed by atoms with E-state index >= 15 is 0 Å². The summed E-state index contributed by atoms with van der Waals surface area (Å²) in [4.78, 5) is 0. The molecule has 4 nitrogen and oxygen atoms in total. The second-order valence-electron chi connectivity index (χ2n) is 3.47. The van der Waals surface area contributed by atoms with Crippen molar-refractivity contribution in [1.82, 2.24) is 5.32 Å². The molecule has 1 N–H and O–H groups in total. The third-order valence-electron chi connectivity index (χ3n) is 2.17. The van der Waals surface area contributed by atoms with E-state index in [0.717, 1.165) is 5.56 Å². The molecular formula is C13H16Cl2N2O2. The molecule has 0 bridgehead atoms. The van der Waals surface area contributed by atoms with Crippen LogP contribution in [0.5, 0.6) is 11.5 Å². The fourth-order valence-corrected chi connectivity index (χ4v) is 1.71. The maximum absolute atomic E-state index is 8.45. The normalized spacial score (nSPS) is 9.11. The molecule has 0 aliphatic carbocycles. The number of hydrogen-bond acceptors (Lipinski definition) is 4. The van der Waals surface area contributed by atoms with Gasteiger partial charge in [-0.15, -0.1) is 12.4 Å². The van der Waals surface area contributed by atoms with E-state index in [1.165, 1.54) is 0 Å². The summed E-state index contributed by atoms with van der Waals surface area (Å²) in [5, 5.41) is 11.9. The molecule has 0 heterocycles. The Balaban J connectivity index is 0.00000324. The smallest absolute Gasteiger partial charge is 0.180 e. The lowest BCUT2D eigenvalue weighted by Crippen LogP contribution is -2.13. The third-order valence-corrected chi connectivity index (χ3v) is 2.45. The Hall–Kier alpha value is -1.41. The second kappa shape index (κ2) is 9.51. The molecule has 0 saturated heterocycles. The van der Waals surface area contributed by atoms with Gasteiger partial charge in [0.2, 0.25) is 0 Å². The fourth-order valence-electron chi connectivity index (χ4n) is 1.42. The number of hydrogen-bond donors (Lipinski definition) is 1. The van der Waals surface area contributed by atoms with Crippen LogP contribution < -0.4 is 14.8 Å². The summed E-state index contributed by atoms with van der Waals surface area (Å²) in [6.07, 6.45) is 1.64. The summed E-state index contributed by atoms with van der Waals surface area (Å²) in [5.41, 5.74) is 0.929. The molecule has 0 amide bonds. The zero-order valence-corrected chi connectivity index (χ0v) is 12.2. The van der Waals surface area contributed by atoms with Crippen LogP contribution in [-0.2, 0) is 6.54 Å². The number of ether oxygens (including phenoxy) is 2. The Bertz CT molecular complexity index is 459. The number of halogens is 2. The molecule has 0 fully saturated rings. The van der Waals surface area contributed by atoms with Gasteiger partial charge < -0.3 is 14.8 Å². The predicted octanol–water partition coefficient (Wildman–Crippen LogP) is 2.95. The molecule has 6 heteroatoms. The van der Waals surface area contributed by atoms with Crippen LogP contribution in [0.2, 0.25) is 5.02 Å². The van der Waals surface area contributed by atoms with Gasteiger partial charge in [0.05, 0.1) is 24.7 Å². The van der Waals surface area contributed by atoms with Crippen LogP contribution in [0.4, 0.5) is 0 Å². The van der Waals surface area contributed by atoms with Crippen LogP contribution in [-0.4, -0.2) is 20.3 Å². The first kappa shape index (κ1) is 17.6. The Labute approximate surface area is 124 Å². The maximum Gasteiger partial charge on any atom is 0.180 e. The van der Waals surface area contributed by atoms with Gasteiger partial charge in [0.25, 0.3) is 0 Å². The van der Waals surface area contributed by atoms with Gasteiger partial charge in [-0.25, -0.2) is 0 Å². The van der Waals surface area contributed by atoms with Crippen LogP contribution in [0.15, 0.2) is 24.8 Å². The van der Waals surface area contributed by atoms with Crippen molar-refractivity contribution in [1.29, 1.82) is 5.26 Å². The first-order valence-corrected chi connectivity index (χ1v) is 5.78. The van der Waals surface area contributed by atoms with Gasteiger partial charge in [0.1, 0.15) is 6.61 Å². The van der Waals surface area contributed by atoms with Gasteiger partial charge in [0.15, 0.2) is 11.5 Å². The highest BCUT2D eigenvalue weighted by molar-refractivity contribution is 6.32. The van der Waals surface area contributed by atoms with Gasteiger partial charge in [-0.2, -0.15) is 5.26 Å². The van der Waals surface area contributed by atoms with Crippen LogP contribution in [0.25, 0.3) is 0 Å². The van der Waals surface area contributed by atoms with Crippen molar-refractivity contribution in [3.05, 3.63) is 35.4 Å². The first-order chi connectivity index (χ1) is 8.72. The minimum atomic E-state index is 0. The highest BCUT2D eigenvalue weighted by Crippen LogP contribution is 2.36. The summed E-state index contributed by atoms with van der Waals surface area (Å²) in [5.74, 6) is 1.07. The van der Waals surface area contributed by atoms with Crippen molar-refractivity contribution in [3.8, 4) is 17.6 Å².